The van der Waals surface area contributed by atoms with Crippen molar-refractivity contribution in [2.24, 2.45) is 0 Å². The van der Waals surface area contributed by atoms with E-state index in [2.05, 4.69) is 29.9 Å². The maximum absolute atomic E-state index is 8.93. The van der Waals surface area contributed by atoms with Gasteiger partial charge in [-0.1, -0.05) is 36.4 Å². The van der Waals surface area contributed by atoms with E-state index in [0.717, 1.165) is 34.2 Å². The molecular weight excluding hydrogens is 935 g/mol. The summed E-state index contributed by atoms with van der Waals surface area (Å²) in [5.74, 6) is -13.1. The number of rotatable bonds is 3. The summed E-state index contributed by atoms with van der Waals surface area (Å²) in [6.07, 6.45) is 10.6. The van der Waals surface area contributed by atoms with Crippen LogP contribution in [0.3, 0.4) is 0 Å². The topological polar surface area (TPSA) is 318 Å². The van der Waals surface area contributed by atoms with Gasteiger partial charge in [-0.2, -0.15) is 0 Å². The Morgan fingerprint density at radius 3 is 0.491 bits per heavy atom. The molecule has 18 nitrogen and oxygen atoms in total. The molecule has 0 aliphatic carbocycles. The maximum atomic E-state index is 8.93. The molecule has 6 rings (SSSR count). The molecule has 6 aromatic rings. The number of nitrogens with zero attached hydrogens (tertiary/aromatic N) is 6. The molecule has 0 aliphatic rings. The standard InChI is InChI=1S/3C10H8N2.3C2H2O4.Na.Rh.Ru/c3*1-3-7-11-9(5-1)10-6-2-4-8-12-10;3*3-1(4)2(5)6;;;/h3*1-8H;3*(H,3,4)(H,5,6);;;/q;;;;;;+1;+3;+2/p-6. The summed E-state index contributed by atoms with van der Waals surface area (Å²) in [7, 11) is 0. The van der Waals surface area contributed by atoms with Gasteiger partial charge in [-0.3, -0.25) is 29.9 Å². The summed E-state index contributed by atoms with van der Waals surface area (Å²) in [5, 5.41) is 53.6. The largest absolute Gasteiger partial charge is 3.00 e. The number of hydrogen-bond donors (Lipinski definition) is 0. The molecule has 0 saturated carbocycles. The van der Waals surface area contributed by atoms with Gasteiger partial charge >= 0.3 is 68.5 Å². The summed E-state index contributed by atoms with van der Waals surface area (Å²) in [6.45, 7) is 0. The van der Waals surface area contributed by atoms with E-state index in [9.17, 15) is 0 Å². The van der Waals surface area contributed by atoms with E-state index >= 15 is 0 Å². The van der Waals surface area contributed by atoms with Gasteiger partial charge in [-0.05, 0) is 72.8 Å². The number of carboxylic acids is 6. The molecule has 0 N–H and O–H groups in total. The Morgan fingerprint density at radius 2 is 0.421 bits per heavy atom. The van der Waals surface area contributed by atoms with Crippen LogP contribution in [0.25, 0.3) is 34.2 Å². The van der Waals surface area contributed by atoms with Gasteiger partial charge in [0.05, 0.1) is 70.0 Å². The van der Waals surface area contributed by atoms with Gasteiger partial charge in [-0.15, -0.1) is 0 Å². The Hall–Kier alpha value is -6.03. The Labute approximate surface area is 371 Å². The molecule has 6 heterocycles. The van der Waals surface area contributed by atoms with Crippen LogP contribution in [0, 0.1) is 0 Å². The SMILES string of the molecule is O=C([O-])C(=O)[O-].O=C([O-])C(=O)[O-].O=C([O-])C(=O)[O-].[Na+].[Rh+3].[Ru+2].c1ccc(-c2ccccn2)nc1.c1ccc(-c2ccccn2)nc1.c1ccc(-c2ccccn2)nc1. The zero-order chi connectivity index (χ0) is 40.1. The fourth-order valence-corrected chi connectivity index (χ4v) is 3.09. The molecular formula is C36H24N6NaO12RhRu. The van der Waals surface area contributed by atoms with Gasteiger partial charge in [0, 0.05) is 37.2 Å². The number of aromatic nitrogens is 6. The first-order valence-electron chi connectivity index (χ1n) is 14.6. The van der Waals surface area contributed by atoms with Crippen LogP contribution in [0.2, 0.25) is 0 Å². The van der Waals surface area contributed by atoms with Crippen molar-refractivity contribution >= 4 is 35.8 Å². The Morgan fingerprint density at radius 1 is 0.298 bits per heavy atom. The quantitative estimate of drug-likeness (QED) is 0.118. The predicted octanol–water partition coefficient (Wildman–Crippen LogP) is -7.11. The van der Waals surface area contributed by atoms with Crippen LogP contribution in [0.5, 0.6) is 0 Å². The summed E-state index contributed by atoms with van der Waals surface area (Å²) < 4.78 is 0. The molecule has 0 amide bonds. The number of pyridine rings is 6. The summed E-state index contributed by atoms with van der Waals surface area (Å²) in [6, 6.07) is 34.8. The van der Waals surface area contributed by atoms with Gasteiger partial charge in [0.1, 0.15) is 0 Å². The van der Waals surface area contributed by atoms with E-state index in [1.165, 1.54) is 0 Å². The molecule has 0 unspecified atom stereocenters. The molecule has 57 heavy (non-hydrogen) atoms. The fourth-order valence-electron chi connectivity index (χ4n) is 3.09. The van der Waals surface area contributed by atoms with E-state index in [4.69, 9.17) is 59.4 Å². The van der Waals surface area contributed by atoms with E-state index in [-0.39, 0.29) is 68.5 Å². The molecule has 0 radical (unpaired) electrons. The number of carboxylic acid groups (broad SMARTS) is 6. The normalized spacial score (nSPS) is 8.42. The number of carbonyl (C=O) groups is 6. The number of hydrogen-bond acceptors (Lipinski definition) is 18. The molecule has 0 aliphatic heterocycles. The predicted molar refractivity (Wildman–Crippen MR) is 172 cm³/mol. The van der Waals surface area contributed by atoms with Crippen LogP contribution >= 0.6 is 0 Å². The van der Waals surface area contributed by atoms with Gasteiger partial charge in [0.25, 0.3) is 0 Å². The van der Waals surface area contributed by atoms with Crippen LogP contribution in [-0.4, -0.2) is 65.7 Å². The van der Waals surface area contributed by atoms with Crippen LogP contribution in [0.4, 0.5) is 0 Å². The minimum absolute atomic E-state index is 0. The Kier molecular flexibility index (Phi) is 32.3. The first kappa shape index (κ1) is 55.3. The minimum Gasteiger partial charge on any atom is -0.543 e. The second kappa shape index (κ2) is 33.3. The van der Waals surface area contributed by atoms with Crippen molar-refractivity contribution in [3.8, 4) is 34.2 Å². The molecule has 0 spiro atoms. The van der Waals surface area contributed by atoms with E-state index in [1.54, 1.807) is 37.2 Å². The van der Waals surface area contributed by atoms with Gasteiger partial charge < -0.3 is 59.4 Å². The third kappa shape index (κ3) is 26.4. The second-order valence-electron chi connectivity index (χ2n) is 9.01. The van der Waals surface area contributed by atoms with Crippen LogP contribution in [0.1, 0.15) is 0 Å². The molecule has 0 saturated heterocycles. The molecule has 0 fully saturated rings. The maximum Gasteiger partial charge on any atom is 3.00 e. The number of carbonyl (C=O) groups excluding carboxylic acids is 6. The zero-order valence-electron chi connectivity index (χ0n) is 29.1. The zero-order valence-corrected chi connectivity index (χ0v) is 34.5. The van der Waals surface area contributed by atoms with Crippen LogP contribution in [0.15, 0.2) is 146 Å². The van der Waals surface area contributed by atoms with Gasteiger partial charge in [-0.25, -0.2) is 0 Å². The molecule has 6 aromatic heterocycles. The van der Waals surface area contributed by atoms with Crippen molar-refractivity contribution in [3.05, 3.63) is 146 Å². The van der Waals surface area contributed by atoms with E-state index in [0.29, 0.717) is 0 Å². The smallest absolute Gasteiger partial charge is 0.543 e. The fraction of sp³-hybridized carbons (Fsp3) is 0. The van der Waals surface area contributed by atoms with Crippen molar-refractivity contribution in [1.82, 2.24) is 29.9 Å². The van der Waals surface area contributed by atoms with Crippen molar-refractivity contribution in [3.63, 3.8) is 0 Å². The molecule has 0 aromatic carbocycles. The molecule has 288 valence electrons. The Bertz CT molecular complexity index is 1650. The van der Waals surface area contributed by atoms with Crippen molar-refractivity contribution in [2.45, 2.75) is 0 Å². The van der Waals surface area contributed by atoms with Gasteiger partial charge in [0.15, 0.2) is 0 Å². The third-order valence-electron chi connectivity index (χ3n) is 5.28. The Balaban J connectivity index is -0.000000627. The van der Waals surface area contributed by atoms with Crippen molar-refractivity contribution in [1.29, 1.82) is 0 Å². The molecule has 0 bridgehead atoms. The summed E-state index contributed by atoms with van der Waals surface area (Å²) in [4.78, 5) is 78.7. The van der Waals surface area contributed by atoms with E-state index < -0.39 is 35.8 Å². The average molecular weight is 960 g/mol. The second-order valence-corrected chi connectivity index (χ2v) is 9.01. The summed E-state index contributed by atoms with van der Waals surface area (Å²) in [5.41, 5.74) is 5.49. The molecule has 0 atom stereocenters. The third-order valence-corrected chi connectivity index (χ3v) is 5.28. The minimum atomic E-state index is -2.19. The van der Waals surface area contributed by atoms with Gasteiger partial charge in [0.2, 0.25) is 0 Å². The van der Waals surface area contributed by atoms with Crippen LogP contribution < -0.4 is 60.2 Å². The number of aliphatic carboxylic acids is 6. The monoisotopic (exact) mass is 960 g/mol. The first-order valence-corrected chi connectivity index (χ1v) is 14.6. The van der Waals surface area contributed by atoms with E-state index in [1.807, 2.05) is 109 Å². The van der Waals surface area contributed by atoms with Crippen molar-refractivity contribution in [2.75, 3.05) is 0 Å². The van der Waals surface area contributed by atoms with Crippen LogP contribution in [-0.2, 0) is 67.7 Å². The summed E-state index contributed by atoms with van der Waals surface area (Å²) >= 11 is 0. The first-order chi connectivity index (χ1) is 25.8. The molecule has 21 heteroatoms. The average Bonchev–Trinajstić information content (AvgIpc) is 3.21. The van der Waals surface area contributed by atoms with Crippen molar-refractivity contribution < 1.29 is 128 Å².